The van der Waals surface area contributed by atoms with Crippen molar-refractivity contribution in [2.75, 3.05) is 11.9 Å². The Balaban J connectivity index is 1.57. The summed E-state index contributed by atoms with van der Waals surface area (Å²) >= 11 is 0. The van der Waals surface area contributed by atoms with Crippen molar-refractivity contribution >= 4 is 22.5 Å². The Bertz CT molecular complexity index is 1530. The number of nitrogens with zero attached hydrogens (tertiary/aromatic N) is 8. The molecule has 0 aliphatic heterocycles. The molecule has 0 atom stereocenters. The molecule has 0 fully saturated rings. The average Bonchev–Trinajstić information content (AvgIpc) is 3.44. The van der Waals surface area contributed by atoms with Crippen LogP contribution in [0.4, 0.5) is 11.5 Å². The molecule has 10 nitrogen and oxygen atoms in total. The summed E-state index contributed by atoms with van der Waals surface area (Å²) in [5.41, 5.74) is 5.27. The molecule has 0 spiro atoms. The van der Waals surface area contributed by atoms with Crippen LogP contribution in [-0.2, 0) is 6.42 Å². The van der Waals surface area contributed by atoms with Gasteiger partial charge < -0.3 is 10.4 Å². The molecule has 168 valence electrons. The Labute approximate surface area is 195 Å². The number of fused-ring (bicyclic) bond motifs is 1. The van der Waals surface area contributed by atoms with Crippen molar-refractivity contribution < 1.29 is 5.11 Å². The first-order valence-corrected chi connectivity index (χ1v) is 10.7. The standard InChI is InChI=1S/C24H21N9O/c1-15-13-33(31-20(15)12-25)24-17(9-10-34)4-8-23(28-24)32-14-26-19-6-5-18(11-21(19)32)27-22-7-3-16(2)29-30-22/h3-8,11,13-14,34H,9-10H2,1-2H3,(H,27,30). The fourth-order valence-electron chi connectivity index (χ4n) is 3.68. The fraction of sp³-hybridized carbons (Fsp3) is 0.167. The lowest BCUT2D eigenvalue weighted by Gasteiger charge is -2.12. The summed E-state index contributed by atoms with van der Waals surface area (Å²) in [7, 11) is 0. The van der Waals surface area contributed by atoms with Gasteiger partial charge in [-0.25, -0.2) is 14.6 Å². The van der Waals surface area contributed by atoms with Gasteiger partial charge in [-0.3, -0.25) is 4.57 Å². The van der Waals surface area contributed by atoms with Gasteiger partial charge in [0.1, 0.15) is 18.2 Å². The highest BCUT2D eigenvalue weighted by atomic mass is 16.3. The molecule has 0 amide bonds. The number of hydrogen-bond acceptors (Lipinski definition) is 8. The van der Waals surface area contributed by atoms with E-state index in [1.165, 1.54) is 0 Å². The van der Waals surface area contributed by atoms with E-state index in [2.05, 4.69) is 31.7 Å². The molecule has 34 heavy (non-hydrogen) atoms. The summed E-state index contributed by atoms with van der Waals surface area (Å²) in [4.78, 5) is 9.34. The maximum absolute atomic E-state index is 9.52. The lowest BCUT2D eigenvalue weighted by Crippen LogP contribution is -2.08. The molecule has 0 aliphatic rings. The van der Waals surface area contributed by atoms with Crippen molar-refractivity contribution in [1.29, 1.82) is 5.26 Å². The summed E-state index contributed by atoms with van der Waals surface area (Å²) in [6.07, 6.45) is 3.90. The lowest BCUT2D eigenvalue weighted by atomic mass is 10.2. The molecule has 10 heteroatoms. The maximum atomic E-state index is 9.52. The molecule has 0 unspecified atom stereocenters. The highest BCUT2D eigenvalue weighted by molar-refractivity contribution is 5.82. The zero-order valence-electron chi connectivity index (χ0n) is 18.6. The van der Waals surface area contributed by atoms with Gasteiger partial charge in [0, 0.05) is 24.1 Å². The highest BCUT2D eigenvalue weighted by Crippen LogP contribution is 2.24. The van der Waals surface area contributed by atoms with Crippen molar-refractivity contribution in [2.45, 2.75) is 20.3 Å². The normalized spacial score (nSPS) is 11.0. The molecule has 0 aliphatic carbocycles. The average molecular weight is 451 g/mol. The summed E-state index contributed by atoms with van der Waals surface area (Å²) in [6, 6.07) is 15.5. The molecular weight excluding hydrogens is 430 g/mol. The topological polar surface area (TPSA) is 130 Å². The number of pyridine rings is 1. The van der Waals surface area contributed by atoms with Crippen LogP contribution >= 0.6 is 0 Å². The fourth-order valence-corrected chi connectivity index (χ4v) is 3.68. The molecule has 0 saturated carbocycles. The van der Waals surface area contributed by atoms with Crippen molar-refractivity contribution in [3.8, 4) is 17.7 Å². The van der Waals surface area contributed by atoms with E-state index in [-0.39, 0.29) is 6.61 Å². The maximum Gasteiger partial charge on any atom is 0.165 e. The van der Waals surface area contributed by atoms with Crippen molar-refractivity contribution in [1.82, 2.24) is 34.5 Å². The number of anilines is 2. The highest BCUT2D eigenvalue weighted by Gasteiger charge is 2.14. The van der Waals surface area contributed by atoms with E-state index in [4.69, 9.17) is 4.98 Å². The molecule has 4 aromatic heterocycles. The van der Waals surface area contributed by atoms with Crippen molar-refractivity contribution in [2.24, 2.45) is 0 Å². The molecule has 0 saturated heterocycles. The molecule has 5 aromatic rings. The number of aromatic nitrogens is 7. The number of aliphatic hydroxyl groups is 1. The van der Waals surface area contributed by atoms with Crippen LogP contribution in [0.2, 0.25) is 0 Å². The smallest absolute Gasteiger partial charge is 0.165 e. The first-order chi connectivity index (χ1) is 16.6. The van der Waals surface area contributed by atoms with Gasteiger partial charge in [-0.05, 0) is 62.2 Å². The van der Waals surface area contributed by atoms with Gasteiger partial charge in [0.2, 0.25) is 0 Å². The molecule has 4 heterocycles. The molecule has 5 rings (SSSR count). The summed E-state index contributed by atoms with van der Waals surface area (Å²) < 4.78 is 3.47. The minimum Gasteiger partial charge on any atom is -0.396 e. The minimum atomic E-state index is -0.0235. The largest absolute Gasteiger partial charge is 0.396 e. The Morgan fingerprint density at radius 1 is 1.09 bits per heavy atom. The zero-order chi connectivity index (χ0) is 23.7. The van der Waals surface area contributed by atoms with E-state index >= 15 is 0 Å². The number of nitriles is 1. The van der Waals surface area contributed by atoms with Crippen LogP contribution in [0.15, 0.2) is 55.0 Å². The third kappa shape index (κ3) is 3.96. The number of imidazole rings is 1. The predicted octanol–water partition coefficient (Wildman–Crippen LogP) is 3.16. The van der Waals surface area contributed by atoms with Gasteiger partial charge in [0.25, 0.3) is 0 Å². The molecule has 0 radical (unpaired) electrons. The van der Waals surface area contributed by atoms with Gasteiger partial charge in [0.15, 0.2) is 17.3 Å². The van der Waals surface area contributed by atoms with E-state index < -0.39 is 0 Å². The van der Waals surface area contributed by atoms with E-state index in [1.807, 2.05) is 60.9 Å². The van der Waals surface area contributed by atoms with E-state index in [0.717, 1.165) is 33.5 Å². The number of aliphatic hydroxyl groups excluding tert-OH is 1. The second-order valence-corrected chi connectivity index (χ2v) is 7.85. The van der Waals surface area contributed by atoms with Crippen LogP contribution in [0.5, 0.6) is 0 Å². The number of benzene rings is 1. The Morgan fingerprint density at radius 3 is 2.71 bits per heavy atom. The van der Waals surface area contributed by atoms with Gasteiger partial charge in [-0.15, -0.1) is 5.10 Å². The lowest BCUT2D eigenvalue weighted by molar-refractivity contribution is 0.299. The zero-order valence-corrected chi connectivity index (χ0v) is 18.6. The number of hydrogen-bond donors (Lipinski definition) is 2. The third-order valence-corrected chi connectivity index (χ3v) is 5.41. The summed E-state index contributed by atoms with van der Waals surface area (Å²) in [5.74, 6) is 1.84. The Morgan fingerprint density at radius 2 is 1.97 bits per heavy atom. The van der Waals surface area contributed by atoms with Crippen LogP contribution in [0.1, 0.15) is 22.5 Å². The van der Waals surface area contributed by atoms with E-state index in [1.54, 1.807) is 17.2 Å². The molecule has 2 N–H and O–H groups in total. The first kappa shape index (κ1) is 21.2. The first-order valence-electron chi connectivity index (χ1n) is 10.7. The van der Waals surface area contributed by atoms with Crippen LogP contribution in [-0.4, -0.2) is 46.2 Å². The van der Waals surface area contributed by atoms with E-state index in [9.17, 15) is 10.4 Å². The number of nitrogens with one attached hydrogen (secondary N) is 1. The van der Waals surface area contributed by atoms with Gasteiger partial charge in [-0.1, -0.05) is 6.07 Å². The predicted molar refractivity (Wildman–Crippen MR) is 126 cm³/mol. The van der Waals surface area contributed by atoms with Crippen LogP contribution in [0.3, 0.4) is 0 Å². The SMILES string of the molecule is Cc1ccc(Nc2ccc3ncn(-c4ccc(CCO)c(-n5cc(C)c(C#N)n5)n4)c3c2)nn1. The van der Waals surface area contributed by atoms with Crippen LogP contribution in [0, 0.1) is 25.2 Å². The molecule has 1 aromatic carbocycles. The quantitative estimate of drug-likeness (QED) is 0.403. The monoisotopic (exact) mass is 451 g/mol. The second kappa shape index (κ2) is 8.73. The Hall–Kier alpha value is -4.62. The molecule has 0 bridgehead atoms. The third-order valence-electron chi connectivity index (χ3n) is 5.41. The van der Waals surface area contributed by atoms with Crippen molar-refractivity contribution in [3.63, 3.8) is 0 Å². The molecular formula is C24H21N9O. The minimum absolute atomic E-state index is 0.0235. The number of aryl methyl sites for hydroxylation is 2. The Kier molecular flexibility index (Phi) is 5.45. The van der Waals surface area contributed by atoms with Gasteiger partial charge in [0.05, 0.1) is 16.7 Å². The second-order valence-electron chi connectivity index (χ2n) is 7.85. The van der Waals surface area contributed by atoms with Crippen LogP contribution < -0.4 is 5.32 Å². The van der Waals surface area contributed by atoms with Gasteiger partial charge >= 0.3 is 0 Å². The van der Waals surface area contributed by atoms with E-state index in [0.29, 0.717) is 29.6 Å². The number of rotatable bonds is 6. The summed E-state index contributed by atoms with van der Waals surface area (Å²) in [5, 5.41) is 34.7. The van der Waals surface area contributed by atoms with Gasteiger partial charge in [-0.2, -0.15) is 15.5 Å². The van der Waals surface area contributed by atoms with Crippen molar-refractivity contribution in [3.05, 3.63) is 77.5 Å². The summed E-state index contributed by atoms with van der Waals surface area (Å²) in [6.45, 7) is 3.69. The van der Waals surface area contributed by atoms with Crippen LogP contribution in [0.25, 0.3) is 22.7 Å².